The number of carboxylic acids is 1. The molecule has 0 aromatic carbocycles. The maximum atomic E-state index is 10.4. The molecule has 92 valence electrons. The predicted octanol–water partition coefficient (Wildman–Crippen LogP) is 1.49. The van der Waals surface area contributed by atoms with Gasteiger partial charge in [-0.3, -0.25) is 9.69 Å². The molecular weight excluding hydrogens is 206 g/mol. The lowest BCUT2D eigenvalue weighted by atomic mass is 10.1. The van der Waals surface area contributed by atoms with Crippen molar-refractivity contribution >= 4 is 5.97 Å². The van der Waals surface area contributed by atoms with Gasteiger partial charge in [-0.15, -0.1) is 0 Å². The van der Waals surface area contributed by atoms with Crippen LogP contribution in [0.2, 0.25) is 0 Å². The molecule has 0 amide bonds. The van der Waals surface area contributed by atoms with E-state index < -0.39 is 5.97 Å². The van der Waals surface area contributed by atoms with E-state index in [-0.39, 0.29) is 0 Å². The Labute approximate surface area is 96.6 Å². The van der Waals surface area contributed by atoms with Crippen molar-refractivity contribution in [2.75, 3.05) is 19.7 Å². The van der Waals surface area contributed by atoms with Crippen LogP contribution in [0, 0.1) is 0 Å². The van der Waals surface area contributed by atoms with Crippen molar-refractivity contribution in [3.05, 3.63) is 0 Å². The third kappa shape index (κ3) is 2.95. The van der Waals surface area contributed by atoms with Gasteiger partial charge >= 0.3 is 5.97 Å². The van der Waals surface area contributed by atoms with Crippen LogP contribution in [0.15, 0.2) is 0 Å². The average molecular weight is 227 g/mol. The molecule has 2 unspecified atom stereocenters. The van der Waals surface area contributed by atoms with Gasteiger partial charge in [0.25, 0.3) is 0 Å². The molecular formula is C12H21NO3. The lowest BCUT2D eigenvalue weighted by Crippen LogP contribution is -2.48. The average Bonchev–Trinajstić information content (AvgIpc) is 2.72. The fourth-order valence-corrected chi connectivity index (χ4v) is 2.87. The topological polar surface area (TPSA) is 49.8 Å². The van der Waals surface area contributed by atoms with Crippen molar-refractivity contribution in [2.24, 2.45) is 0 Å². The Balaban J connectivity index is 1.69. The van der Waals surface area contributed by atoms with Crippen LogP contribution in [-0.2, 0) is 9.53 Å². The van der Waals surface area contributed by atoms with Crippen molar-refractivity contribution in [1.82, 2.24) is 4.90 Å². The summed E-state index contributed by atoms with van der Waals surface area (Å²) in [6, 6.07) is 0.610. The Kier molecular flexibility index (Phi) is 4.18. The minimum absolute atomic E-state index is 0.304. The zero-order chi connectivity index (χ0) is 11.4. The van der Waals surface area contributed by atoms with Gasteiger partial charge in [-0.05, 0) is 38.6 Å². The first kappa shape index (κ1) is 11.9. The van der Waals surface area contributed by atoms with Gasteiger partial charge in [-0.2, -0.15) is 0 Å². The molecule has 0 bridgehead atoms. The molecule has 0 aromatic rings. The van der Waals surface area contributed by atoms with Crippen LogP contribution < -0.4 is 0 Å². The van der Waals surface area contributed by atoms with Crippen LogP contribution in [0.1, 0.15) is 38.5 Å². The Bertz CT molecular complexity index is 244. The largest absolute Gasteiger partial charge is 0.481 e. The molecule has 1 aliphatic carbocycles. The second-order valence-electron chi connectivity index (χ2n) is 4.79. The summed E-state index contributed by atoms with van der Waals surface area (Å²) in [5.41, 5.74) is 0. The van der Waals surface area contributed by atoms with Gasteiger partial charge in [0, 0.05) is 19.0 Å². The van der Waals surface area contributed by atoms with Crippen molar-refractivity contribution in [3.8, 4) is 0 Å². The van der Waals surface area contributed by atoms with Crippen molar-refractivity contribution in [3.63, 3.8) is 0 Å². The SMILES string of the molecule is O=C(O)CCCCN1CCOC2CCCC21. The molecule has 0 radical (unpaired) electrons. The normalized spacial score (nSPS) is 30.2. The number of nitrogens with zero attached hydrogens (tertiary/aromatic N) is 1. The molecule has 1 saturated carbocycles. The van der Waals surface area contributed by atoms with Gasteiger partial charge in [0.15, 0.2) is 0 Å². The van der Waals surface area contributed by atoms with Gasteiger partial charge in [-0.1, -0.05) is 0 Å². The fourth-order valence-electron chi connectivity index (χ4n) is 2.87. The van der Waals surface area contributed by atoms with Gasteiger partial charge in [-0.25, -0.2) is 0 Å². The van der Waals surface area contributed by atoms with Crippen molar-refractivity contribution in [2.45, 2.75) is 50.7 Å². The second kappa shape index (κ2) is 5.64. The number of rotatable bonds is 5. The van der Waals surface area contributed by atoms with Crippen LogP contribution in [0.5, 0.6) is 0 Å². The summed E-state index contributed by atoms with van der Waals surface area (Å²) in [5.74, 6) is -0.680. The molecule has 16 heavy (non-hydrogen) atoms. The number of aliphatic carboxylic acids is 1. The first-order chi connectivity index (χ1) is 7.77. The Morgan fingerprint density at radius 1 is 1.38 bits per heavy atom. The van der Waals surface area contributed by atoms with E-state index in [1.807, 2.05) is 0 Å². The monoisotopic (exact) mass is 227 g/mol. The minimum Gasteiger partial charge on any atom is -0.481 e. The molecule has 0 aromatic heterocycles. The zero-order valence-electron chi connectivity index (χ0n) is 9.73. The first-order valence-corrected chi connectivity index (χ1v) is 6.35. The van der Waals surface area contributed by atoms with E-state index in [0.29, 0.717) is 18.6 Å². The van der Waals surface area contributed by atoms with E-state index in [1.54, 1.807) is 0 Å². The number of morpholine rings is 1. The van der Waals surface area contributed by atoms with Crippen molar-refractivity contribution < 1.29 is 14.6 Å². The fraction of sp³-hybridized carbons (Fsp3) is 0.917. The molecule has 2 fully saturated rings. The summed E-state index contributed by atoms with van der Waals surface area (Å²) < 4.78 is 5.74. The number of carbonyl (C=O) groups is 1. The molecule has 1 saturated heterocycles. The van der Waals surface area contributed by atoms with Crippen LogP contribution in [0.25, 0.3) is 0 Å². The summed E-state index contributed by atoms with van der Waals surface area (Å²) in [4.78, 5) is 12.9. The maximum Gasteiger partial charge on any atom is 0.303 e. The molecule has 2 aliphatic rings. The summed E-state index contributed by atoms with van der Waals surface area (Å²) in [6.07, 6.45) is 6.28. The molecule has 1 aliphatic heterocycles. The summed E-state index contributed by atoms with van der Waals surface area (Å²) in [7, 11) is 0. The number of unbranched alkanes of at least 4 members (excludes halogenated alkanes) is 1. The molecule has 4 nitrogen and oxygen atoms in total. The number of ether oxygens (including phenoxy) is 1. The standard InChI is InChI=1S/C12H21NO3/c14-12(15)6-1-2-7-13-8-9-16-11-5-3-4-10(11)13/h10-11H,1-9H2,(H,14,15). The second-order valence-corrected chi connectivity index (χ2v) is 4.79. The van der Waals surface area contributed by atoms with E-state index in [0.717, 1.165) is 32.5 Å². The lowest BCUT2D eigenvalue weighted by Gasteiger charge is -2.37. The van der Waals surface area contributed by atoms with Crippen LogP contribution in [0.4, 0.5) is 0 Å². The first-order valence-electron chi connectivity index (χ1n) is 6.35. The van der Waals surface area contributed by atoms with Crippen molar-refractivity contribution in [1.29, 1.82) is 0 Å². The Hall–Kier alpha value is -0.610. The highest BCUT2D eigenvalue weighted by Crippen LogP contribution is 2.29. The maximum absolute atomic E-state index is 10.4. The smallest absolute Gasteiger partial charge is 0.303 e. The van der Waals surface area contributed by atoms with Gasteiger partial charge in [0.05, 0.1) is 12.7 Å². The Morgan fingerprint density at radius 2 is 2.25 bits per heavy atom. The molecule has 0 spiro atoms. The van der Waals surface area contributed by atoms with Crippen LogP contribution in [-0.4, -0.2) is 47.8 Å². The van der Waals surface area contributed by atoms with Gasteiger partial charge < -0.3 is 9.84 Å². The molecule has 1 heterocycles. The number of hydrogen-bond acceptors (Lipinski definition) is 3. The quantitative estimate of drug-likeness (QED) is 0.723. The van der Waals surface area contributed by atoms with Gasteiger partial charge in [0.1, 0.15) is 0 Å². The summed E-state index contributed by atoms with van der Waals surface area (Å²) in [5, 5.41) is 8.57. The van der Waals surface area contributed by atoms with E-state index in [2.05, 4.69) is 4.90 Å². The Morgan fingerprint density at radius 3 is 3.06 bits per heavy atom. The highest BCUT2D eigenvalue weighted by molar-refractivity contribution is 5.66. The minimum atomic E-state index is -0.680. The molecule has 4 heteroatoms. The van der Waals surface area contributed by atoms with E-state index in [4.69, 9.17) is 9.84 Å². The third-order valence-electron chi connectivity index (χ3n) is 3.68. The zero-order valence-corrected chi connectivity index (χ0v) is 9.73. The highest BCUT2D eigenvalue weighted by atomic mass is 16.5. The number of carboxylic acid groups (broad SMARTS) is 1. The summed E-state index contributed by atoms with van der Waals surface area (Å²) >= 11 is 0. The van der Waals surface area contributed by atoms with Crippen LogP contribution in [0.3, 0.4) is 0 Å². The third-order valence-corrected chi connectivity index (χ3v) is 3.68. The van der Waals surface area contributed by atoms with Gasteiger partial charge in [0.2, 0.25) is 0 Å². The van der Waals surface area contributed by atoms with E-state index >= 15 is 0 Å². The molecule has 2 rings (SSSR count). The number of fused-ring (bicyclic) bond motifs is 1. The highest BCUT2D eigenvalue weighted by Gasteiger charge is 2.35. The molecule has 1 N–H and O–H groups in total. The lowest BCUT2D eigenvalue weighted by molar-refractivity contribution is -0.137. The van der Waals surface area contributed by atoms with E-state index in [1.165, 1.54) is 19.3 Å². The number of hydrogen-bond donors (Lipinski definition) is 1. The predicted molar refractivity (Wildman–Crippen MR) is 60.4 cm³/mol. The van der Waals surface area contributed by atoms with Crippen LogP contribution >= 0.6 is 0 Å². The van der Waals surface area contributed by atoms with E-state index in [9.17, 15) is 4.79 Å². The summed E-state index contributed by atoms with van der Waals surface area (Å²) in [6.45, 7) is 2.91. The molecule has 2 atom stereocenters.